The summed E-state index contributed by atoms with van der Waals surface area (Å²) in [6.45, 7) is 7.21. The zero-order valence-corrected chi connectivity index (χ0v) is 9.75. The van der Waals surface area contributed by atoms with Crippen LogP contribution in [0.15, 0.2) is 35.8 Å². The van der Waals surface area contributed by atoms with Gasteiger partial charge in [-0.15, -0.1) is 5.98 Å². The van der Waals surface area contributed by atoms with Crippen molar-refractivity contribution in [2.45, 2.75) is 26.7 Å². The van der Waals surface area contributed by atoms with Crippen molar-refractivity contribution in [1.29, 1.82) is 0 Å². The lowest BCUT2D eigenvalue weighted by molar-refractivity contribution is 0.867. The lowest BCUT2D eigenvalue weighted by Crippen LogP contribution is -2.02. The van der Waals surface area contributed by atoms with Crippen LogP contribution in [0.1, 0.15) is 32.3 Å². The topological polar surface area (TPSA) is 12.0 Å². The Labute approximate surface area is 94.0 Å². The third kappa shape index (κ3) is 3.82. The molecule has 0 aliphatic heterocycles. The summed E-state index contributed by atoms with van der Waals surface area (Å²) in [4.78, 5) is 0. The standard InChI is InChI=1S/C13H18BN/c1-10(2)12-4-6-13(7-5-12)15-9-11(3)8-14/h4-8,10,15H,9H2,1-3H3/b11-8-. The molecule has 2 radical (unpaired) electrons. The van der Waals surface area contributed by atoms with Crippen molar-refractivity contribution in [2.75, 3.05) is 11.9 Å². The molecule has 78 valence electrons. The second-order valence-electron chi connectivity index (χ2n) is 4.14. The van der Waals surface area contributed by atoms with Crippen LogP contribution in [0.25, 0.3) is 0 Å². The Morgan fingerprint density at radius 2 is 1.93 bits per heavy atom. The number of anilines is 1. The monoisotopic (exact) mass is 199 g/mol. The van der Waals surface area contributed by atoms with Crippen LogP contribution in [-0.4, -0.2) is 14.4 Å². The quantitative estimate of drug-likeness (QED) is 0.733. The highest BCUT2D eigenvalue weighted by Crippen LogP contribution is 2.17. The van der Waals surface area contributed by atoms with Crippen LogP contribution in [0.4, 0.5) is 5.69 Å². The SMILES string of the molecule is [B]/C=C(/C)CNc1ccc(C(C)C)cc1. The molecule has 0 amide bonds. The number of benzene rings is 1. The minimum atomic E-state index is 0.588. The Balaban J connectivity index is 2.57. The molecule has 0 unspecified atom stereocenters. The molecule has 1 N–H and O–H groups in total. The van der Waals surface area contributed by atoms with Crippen LogP contribution in [0.3, 0.4) is 0 Å². The van der Waals surface area contributed by atoms with E-state index in [1.165, 1.54) is 5.56 Å². The minimum Gasteiger partial charge on any atom is -0.381 e. The first-order valence-corrected chi connectivity index (χ1v) is 5.34. The number of hydrogen-bond donors (Lipinski definition) is 1. The molecule has 0 saturated heterocycles. The highest BCUT2D eigenvalue weighted by atomic mass is 14.9. The predicted molar refractivity (Wildman–Crippen MR) is 68.5 cm³/mol. The molecule has 0 fully saturated rings. The van der Waals surface area contributed by atoms with Gasteiger partial charge in [0.05, 0.1) is 0 Å². The van der Waals surface area contributed by atoms with Gasteiger partial charge in [0.1, 0.15) is 7.85 Å². The Morgan fingerprint density at radius 3 is 2.40 bits per heavy atom. The molecule has 0 saturated carbocycles. The molecule has 1 aromatic rings. The van der Waals surface area contributed by atoms with Crippen molar-refractivity contribution in [3.8, 4) is 0 Å². The summed E-state index contributed by atoms with van der Waals surface area (Å²) in [5, 5.41) is 3.31. The lowest BCUT2D eigenvalue weighted by Gasteiger charge is -2.09. The number of nitrogens with one attached hydrogen (secondary N) is 1. The molecular formula is C13H18BN. The van der Waals surface area contributed by atoms with Gasteiger partial charge in [-0.3, -0.25) is 0 Å². The second-order valence-corrected chi connectivity index (χ2v) is 4.14. The highest BCUT2D eigenvalue weighted by molar-refractivity contribution is 6.17. The normalized spacial score (nSPS) is 11.9. The third-order valence-corrected chi connectivity index (χ3v) is 2.43. The average molecular weight is 199 g/mol. The summed E-state index contributed by atoms with van der Waals surface area (Å²) in [5.74, 6) is 2.22. The summed E-state index contributed by atoms with van der Waals surface area (Å²) in [5.41, 5.74) is 3.65. The molecule has 0 aliphatic carbocycles. The fourth-order valence-electron chi connectivity index (χ4n) is 1.29. The van der Waals surface area contributed by atoms with Gasteiger partial charge in [-0.2, -0.15) is 0 Å². The Morgan fingerprint density at radius 1 is 1.33 bits per heavy atom. The van der Waals surface area contributed by atoms with Crippen molar-refractivity contribution >= 4 is 13.5 Å². The maximum absolute atomic E-state index is 5.40. The van der Waals surface area contributed by atoms with E-state index in [0.29, 0.717) is 5.92 Å². The van der Waals surface area contributed by atoms with Gasteiger partial charge < -0.3 is 5.32 Å². The number of rotatable bonds is 4. The molecule has 0 spiro atoms. The summed E-state index contributed by atoms with van der Waals surface area (Å²) in [6.07, 6.45) is 0. The zero-order chi connectivity index (χ0) is 11.3. The second kappa shape index (κ2) is 5.64. The van der Waals surface area contributed by atoms with E-state index in [1.54, 1.807) is 5.98 Å². The molecular weight excluding hydrogens is 181 g/mol. The zero-order valence-electron chi connectivity index (χ0n) is 9.75. The Kier molecular flexibility index (Phi) is 4.48. The van der Waals surface area contributed by atoms with Crippen molar-refractivity contribution in [2.24, 2.45) is 0 Å². The van der Waals surface area contributed by atoms with Gasteiger partial charge in [0, 0.05) is 12.2 Å². The van der Waals surface area contributed by atoms with Crippen LogP contribution in [0.2, 0.25) is 0 Å². The van der Waals surface area contributed by atoms with Crippen molar-refractivity contribution in [3.63, 3.8) is 0 Å². The first kappa shape index (κ1) is 11.9. The molecule has 0 bridgehead atoms. The van der Waals surface area contributed by atoms with E-state index in [2.05, 4.69) is 43.4 Å². The molecule has 2 heteroatoms. The van der Waals surface area contributed by atoms with Crippen LogP contribution < -0.4 is 5.32 Å². The molecule has 0 aliphatic rings. The average Bonchev–Trinajstić information content (AvgIpc) is 2.26. The Hall–Kier alpha value is -1.18. The van der Waals surface area contributed by atoms with Gasteiger partial charge in [-0.25, -0.2) is 0 Å². The summed E-state index contributed by atoms with van der Waals surface area (Å²) in [7, 11) is 5.40. The minimum absolute atomic E-state index is 0.588. The van der Waals surface area contributed by atoms with Gasteiger partial charge in [0.2, 0.25) is 0 Å². The van der Waals surface area contributed by atoms with Gasteiger partial charge in [-0.1, -0.05) is 31.6 Å². The van der Waals surface area contributed by atoms with Crippen molar-refractivity contribution in [1.82, 2.24) is 0 Å². The Bertz CT molecular complexity index is 325. The third-order valence-electron chi connectivity index (χ3n) is 2.43. The summed E-state index contributed by atoms with van der Waals surface area (Å²) < 4.78 is 0. The molecule has 1 nitrogen and oxygen atoms in total. The van der Waals surface area contributed by atoms with E-state index < -0.39 is 0 Å². The fourth-order valence-corrected chi connectivity index (χ4v) is 1.29. The molecule has 1 aromatic carbocycles. The van der Waals surface area contributed by atoms with E-state index in [0.717, 1.165) is 17.8 Å². The van der Waals surface area contributed by atoms with Gasteiger partial charge in [0.15, 0.2) is 0 Å². The highest BCUT2D eigenvalue weighted by Gasteiger charge is 1.98. The molecule has 0 aromatic heterocycles. The lowest BCUT2D eigenvalue weighted by atomic mass is 10.0. The number of hydrogen-bond acceptors (Lipinski definition) is 1. The van der Waals surface area contributed by atoms with Crippen LogP contribution in [-0.2, 0) is 0 Å². The molecule has 0 atom stereocenters. The van der Waals surface area contributed by atoms with E-state index in [9.17, 15) is 0 Å². The largest absolute Gasteiger partial charge is 0.381 e. The molecule has 0 heterocycles. The van der Waals surface area contributed by atoms with Crippen LogP contribution >= 0.6 is 0 Å². The summed E-state index contributed by atoms with van der Waals surface area (Å²) >= 11 is 0. The first-order valence-electron chi connectivity index (χ1n) is 5.34. The van der Waals surface area contributed by atoms with Crippen molar-refractivity contribution in [3.05, 3.63) is 41.4 Å². The van der Waals surface area contributed by atoms with Crippen LogP contribution in [0, 0.1) is 0 Å². The first-order chi connectivity index (χ1) is 7.13. The van der Waals surface area contributed by atoms with E-state index in [4.69, 9.17) is 7.85 Å². The van der Waals surface area contributed by atoms with Gasteiger partial charge in [0.25, 0.3) is 0 Å². The van der Waals surface area contributed by atoms with Gasteiger partial charge in [-0.05, 0) is 30.5 Å². The van der Waals surface area contributed by atoms with Gasteiger partial charge >= 0.3 is 0 Å². The summed E-state index contributed by atoms with van der Waals surface area (Å²) in [6, 6.07) is 8.54. The molecule has 15 heavy (non-hydrogen) atoms. The van der Waals surface area contributed by atoms with Crippen molar-refractivity contribution < 1.29 is 0 Å². The van der Waals surface area contributed by atoms with Crippen LogP contribution in [0.5, 0.6) is 0 Å². The molecule has 1 rings (SSSR count). The predicted octanol–water partition coefficient (Wildman–Crippen LogP) is 3.29. The maximum Gasteiger partial charge on any atom is 0.102 e. The maximum atomic E-state index is 5.40. The smallest absolute Gasteiger partial charge is 0.102 e. The van der Waals surface area contributed by atoms with E-state index in [-0.39, 0.29) is 0 Å². The fraction of sp³-hybridized carbons (Fsp3) is 0.385. The van der Waals surface area contributed by atoms with E-state index in [1.807, 2.05) is 6.92 Å². The van der Waals surface area contributed by atoms with E-state index >= 15 is 0 Å².